The highest BCUT2D eigenvalue weighted by Gasteiger charge is 2.17. The third kappa shape index (κ3) is 1.75. The van der Waals surface area contributed by atoms with Gasteiger partial charge in [0.2, 0.25) is 0 Å². The van der Waals surface area contributed by atoms with Crippen LogP contribution in [0.4, 0.5) is 0 Å². The summed E-state index contributed by atoms with van der Waals surface area (Å²) in [4.78, 5) is 0.182. The molecule has 3 nitrogen and oxygen atoms in total. The summed E-state index contributed by atoms with van der Waals surface area (Å²) in [6, 6.07) is 7.31. The maximum Gasteiger partial charge on any atom is 0.263 e. The third-order valence-electron chi connectivity index (χ3n) is 2.36. The van der Waals surface area contributed by atoms with Gasteiger partial charge in [-0.1, -0.05) is 18.2 Å². The SMILES string of the molecule is CCn1cc(S(=O)(=O)Cl)c2ccccc21. The lowest BCUT2D eigenvalue weighted by molar-refractivity contribution is 0.609. The summed E-state index contributed by atoms with van der Waals surface area (Å²) in [5.41, 5.74) is 0.888. The molecule has 1 aromatic heterocycles. The van der Waals surface area contributed by atoms with Crippen molar-refractivity contribution in [2.24, 2.45) is 0 Å². The first-order valence-corrected chi connectivity index (χ1v) is 6.87. The zero-order chi connectivity index (χ0) is 11.1. The predicted molar refractivity (Wildman–Crippen MR) is 60.7 cm³/mol. The minimum atomic E-state index is -3.67. The number of rotatable bonds is 2. The van der Waals surface area contributed by atoms with Crippen molar-refractivity contribution in [1.29, 1.82) is 0 Å². The molecule has 0 aliphatic heterocycles. The number of aryl methyl sites for hydroxylation is 1. The molecule has 0 unspecified atom stereocenters. The second kappa shape index (κ2) is 3.54. The van der Waals surface area contributed by atoms with E-state index in [1.165, 1.54) is 0 Å². The van der Waals surface area contributed by atoms with Crippen LogP contribution in [0, 0.1) is 0 Å². The molecule has 0 saturated heterocycles. The van der Waals surface area contributed by atoms with E-state index in [0.29, 0.717) is 11.9 Å². The topological polar surface area (TPSA) is 39.1 Å². The standard InChI is InChI=1S/C10H10ClNO2S/c1-2-12-7-10(15(11,13)14)8-5-3-4-6-9(8)12/h3-7H,2H2,1H3. The number of para-hydroxylation sites is 1. The highest BCUT2D eigenvalue weighted by atomic mass is 35.7. The Labute approximate surface area is 92.7 Å². The highest BCUT2D eigenvalue weighted by molar-refractivity contribution is 8.14. The summed E-state index contributed by atoms with van der Waals surface area (Å²) in [5.74, 6) is 0. The molecule has 0 spiro atoms. The molecule has 0 bridgehead atoms. The molecule has 0 N–H and O–H groups in total. The van der Waals surface area contributed by atoms with E-state index in [9.17, 15) is 8.42 Å². The summed E-state index contributed by atoms with van der Waals surface area (Å²) in [5, 5.41) is 0.675. The molecular weight excluding hydrogens is 234 g/mol. The first-order valence-electron chi connectivity index (χ1n) is 4.56. The average molecular weight is 244 g/mol. The maximum atomic E-state index is 11.3. The van der Waals surface area contributed by atoms with E-state index in [2.05, 4.69) is 0 Å². The molecule has 0 saturated carbocycles. The van der Waals surface area contributed by atoms with Crippen LogP contribution in [0.3, 0.4) is 0 Å². The van der Waals surface area contributed by atoms with Crippen molar-refractivity contribution >= 4 is 30.6 Å². The minimum Gasteiger partial charge on any atom is -0.346 e. The van der Waals surface area contributed by atoms with Crippen LogP contribution in [0.15, 0.2) is 35.4 Å². The Morgan fingerprint density at radius 3 is 2.60 bits per heavy atom. The van der Waals surface area contributed by atoms with Gasteiger partial charge in [-0.2, -0.15) is 0 Å². The van der Waals surface area contributed by atoms with Crippen molar-refractivity contribution in [2.45, 2.75) is 18.4 Å². The lowest BCUT2D eigenvalue weighted by Gasteiger charge is -1.97. The Kier molecular flexibility index (Phi) is 2.48. The molecule has 0 amide bonds. The fraction of sp³-hybridized carbons (Fsp3) is 0.200. The quantitative estimate of drug-likeness (QED) is 0.761. The third-order valence-corrected chi connectivity index (χ3v) is 3.70. The summed E-state index contributed by atoms with van der Waals surface area (Å²) in [7, 11) is 1.70. The van der Waals surface area contributed by atoms with Crippen LogP contribution in [0.1, 0.15) is 6.92 Å². The molecule has 1 heterocycles. The molecule has 80 valence electrons. The number of aromatic nitrogens is 1. The van der Waals surface area contributed by atoms with Gasteiger partial charge in [-0.05, 0) is 13.0 Å². The van der Waals surface area contributed by atoms with E-state index in [4.69, 9.17) is 10.7 Å². The van der Waals surface area contributed by atoms with Crippen molar-refractivity contribution in [3.63, 3.8) is 0 Å². The molecule has 0 aliphatic rings. The van der Waals surface area contributed by atoms with Crippen LogP contribution in [-0.4, -0.2) is 13.0 Å². The number of nitrogens with zero attached hydrogens (tertiary/aromatic N) is 1. The van der Waals surface area contributed by atoms with Crippen LogP contribution >= 0.6 is 10.7 Å². The fourth-order valence-corrected chi connectivity index (χ4v) is 2.73. The summed E-state index contributed by atoms with van der Waals surface area (Å²) in [6.07, 6.45) is 1.58. The number of hydrogen-bond acceptors (Lipinski definition) is 2. The second-order valence-electron chi connectivity index (χ2n) is 3.23. The Morgan fingerprint density at radius 1 is 1.33 bits per heavy atom. The van der Waals surface area contributed by atoms with Gasteiger partial charge in [-0.25, -0.2) is 8.42 Å². The number of benzene rings is 1. The minimum absolute atomic E-state index is 0.182. The van der Waals surface area contributed by atoms with Gasteiger partial charge < -0.3 is 4.57 Å². The molecule has 5 heteroatoms. The average Bonchev–Trinajstić information content (AvgIpc) is 2.55. The van der Waals surface area contributed by atoms with Crippen LogP contribution in [0.25, 0.3) is 10.9 Å². The summed E-state index contributed by atoms with van der Waals surface area (Å²) < 4.78 is 24.5. The Bertz CT molecular complexity index is 601. The highest BCUT2D eigenvalue weighted by Crippen LogP contribution is 2.27. The van der Waals surface area contributed by atoms with Crippen LogP contribution < -0.4 is 0 Å². The van der Waals surface area contributed by atoms with Crippen LogP contribution in [0.2, 0.25) is 0 Å². The van der Waals surface area contributed by atoms with E-state index >= 15 is 0 Å². The number of halogens is 1. The van der Waals surface area contributed by atoms with Gasteiger partial charge in [-0.15, -0.1) is 0 Å². The molecule has 2 aromatic rings. The van der Waals surface area contributed by atoms with Gasteiger partial charge >= 0.3 is 0 Å². The fourth-order valence-electron chi connectivity index (χ4n) is 1.67. The van der Waals surface area contributed by atoms with Crippen LogP contribution in [-0.2, 0) is 15.6 Å². The molecule has 0 atom stereocenters. The lowest BCUT2D eigenvalue weighted by atomic mass is 10.2. The zero-order valence-corrected chi connectivity index (χ0v) is 9.72. The van der Waals surface area contributed by atoms with Crippen molar-refractivity contribution in [3.05, 3.63) is 30.5 Å². The first kappa shape index (κ1) is 10.5. The predicted octanol–water partition coefficient (Wildman–Crippen LogP) is 2.59. The Balaban J connectivity index is 2.88. The van der Waals surface area contributed by atoms with Crippen molar-refractivity contribution in [2.75, 3.05) is 0 Å². The molecule has 1 aromatic carbocycles. The monoisotopic (exact) mass is 243 g/mol. The maximum absolute atomic E-state index is 11.3. The second-order valence-corrected chi connectivity index (χ2v) is 5.77. The van der Waals surface area contributed by atoms with E-state index in [0.717, 1.165) is 5.52 Å². The summed E-state index contributed by atoms with van der Waals surface area (Å²) >= 11 is 0. The Hall–Kier alpha value is -1.00. The Morgan fingerprint density at radius 2 is 2.00 bits per heavy atom. The van der Waals surface area contributed by atoms with Gasteiger partial charge in [-0.3, -0.25) is 0 Å². The van der Waals surface area contributed by atoms with E-state index in [1.54, 1.807) is 18.3 Å². The molecule has 15 heavy (non-hydrogen) atoms. The summed E-state index contributed by atoms with van der Waals surface area (Å²) in [6.45, 7) is 2.67. The van der Waals surface area contributed by atoms with E-state index in [1.807, 2.05) is 23.6 Å². The molecule has 0 radical (unpaired) electrons. The van der Waals surface area contributed by atoms with E-state index < -0.39 is 9.05 Å². The van der Waals surface area contributed by atoms with Gasteiger partial charge in [0.15, 0.2) is 0 Å². The van der Waals surface area contributed by atoms with Crippen LogP contribution in [0.5, 0.6) is 0 Å². The normalized spacial score (nSPS) is 12.1. The lowest BCUT2D eigenvalue weighted by Crippen LogP contribution is -1.91. The van der Waals surface area contributed by atoms with Gasteiger partial charge in [0.05, 0.1) is 0 Å². The molecule has 2 rings (SSSR count). The van der Waals surface area contributed by atoms with E-state index in [-0.39, 0.29) is 4.90 Å². The largest absolute Gasteiger partial charge is 0.346 e. The van der Waals surface area contributed by atoms with Crippen molar-refractivity contribution in [3.8, 4) is 0 Å². The smallest absolute Gasteiger partial charge is 0.263 e. The van der Waals surface area contributed by atoms with Gasteiger partial charge in [0.25, 0.3) is 9.05 Å². The first-order chi connectivity index (χ1) is 7.04. The van der Waals surface area contributed by atoms with Crippen molar-refractivity contribution < 1.29 is 8.42 Å². The van der Waals surface area contributed by atoms with Gasteiger partial charge in [0.1, 0.15) is 4.90 Å². The van der Waals surface area contributed by atoms with Crippen molar-refractivity contribution in [1.82, 2.24) is 4.57 Å². The molecule has 0 aliphatic carbocycles. The molecule has 0 fully saturated rings. The number of hydrogen-bond donors (Lipinski definition) is 0. The zero-order valence-electron chi connectivity index (χ0n) is 8.14. The molecular formula is C10H10ClNO2S. The van der Waals surface area contributed by atoms with Gasteiger partial charge in [0, 0.05) is 34.3 Å². The number of fused-ring (bicyclic) bond motifs is 1.